The van der Waals surface area contributed by atoms with E-state index in [0.29, 0.717) is 0 Å². The Morgan fingerprint density at radius 2 is 2.44 bits per heavy atom. The van der Waals surface area contributed by atoms with Crippen LogP contribution in [0.2, 0.25) is 0 Å². The van der Waals surface area contributed by atoms with Crippen molar-refractivity contribution in [2.24, 2.45) is 0 Å². The molecule has 0 saturated carbocycles. The lowest BCUT2D eigenvalue weighted by molar-refractivity contribution is -0.112. The van der Waals surface area contributed by atoms with E-state index in [2.05, 4.69) is 0 Å². The lowest BCUT2D eigenvalue weighted by atomic mass is 10.3. The van der Waals surface area contributed by atoms with E-state index in [1.807, 2.05) is 0 Å². The summed E-state index contributed by atoms with van der Waals surface area (Å²) in [4.78, 5) is 10.1. The molecule has 48 valence electrons. The van der Waals surface area contributed by atoms with E-state index in [0.717, 1.165) is 12.2 Å². The van der Waals surface area contributed by atoms with Crippen molar-refractivity contribution in [3.8, 4) is 6.07 Å². The first kappa shape index (κ1) is 7.83. The van der Waals surface area contributed by atoms with Crippen LogP contribution in [0, 0.1) is 11.3 Å². The molecule has 0 aromatic carbocycles. The van der Waals surface area contributed by atoms with Gasteiger partial charge in [-0.2, -0.15) is 5.26 Å². The van der Waals surface area contributed by atoms with E-state index in [9.17, 15) is 9.18 Å². The van der Waals surface area contributed by atoms with Crippen LogP contribution in [0.5, 0.6) is 0 Å². The number of nitrogens with zero attached hydrogens (tertiary/aromatic N) is 1. The number of rotatable bonds is 2. The zero-order valence-electron chi connectivity index (χ0n) is 4.97. The summed E-state index contributed by atoms with van der Waals surface area (Å²) in [7, 11) is 0. The molecule has 0 bridgehead atoms. The quantitative estimate of drug-likeness (QED) is 0.519. The maximum absolute atomic E-state index is 11.9. The van der Waals surface area contributed by atoms with Crippen molar-refractivity contribution in [1.82, 2.24) is 0 Å². The normalized spacial score (nSPS) is 13.0. The van der Waals surface area contributed by atoms with Crippen LogP contribution in [-0.4, -0.2) is 12.0 Å². The molecule has 0 spiro atoms. The zero-order chi connectivity index (χ0) is 7.28. The van der Waals surface area contributed by atoms with Gasteiger partial charge in [-0.25, -0.2) is 4.39 Å². The average Bonchev–Trinajstić information content (AvgIpc) is 1.83. The van der Waals surface area contributed by atoms with Gasteiger partial charge in [0, 0.05) is 0 Å². The lowest BCUT2D eigenvalue weighted by Gasteiger charge is -1.82. The van der Waals surface area contributed by atoms with Gasteiger partial charge in [0.1, 0.15) is 6.07 Å². The molecule has 0 amide bonds. The molecule has 0 aliphatic carbocycles. The van der Waals surface area contributed by atoms with Crippen LogP contribution in [-0.2, 0) is 4.79 Å². The highest BCUT2D eigenvalue weighted by atomic mass is 19.1. The Balaban J connectivity index is 3.74. The lowest BCUT2D eigenvalue weighted by Crippen LogP contribution is -1.90. The van der Waals surface area contributed by atoms with Crippen LogP contribution in [0.25, 0.3) is 0 Å². The molecule has 9 heavy (non-hydrogen) atoms. The fourth-order valence-corrected chi connectivity index (χ4v) is 0.263. The molecule has 0 aromatic heterocycles. The van der Waals surface area contributed by atoms with Gasteiger partial charge in [-0.15, -0.1) is 0 Å². The molecule has 2 nitrogen and oxygen atoms in total. The highest BCUT2D eigenvalue weighted by Gasteiger charge is 1.94. The van der Waals surface area contributed by atoms with Crippen LogP contribution in [0.4, 0.5) is 4.39 Å². The number of halogens is 1. The second kappa shape index (κ2) is 3.79. The van der Waals surface area contributed by atoms with E-state index < -0.39 is 6.17 Å². The zero-order valence-corrected chi connectivity index (χ0v) is 4.97. The maximum atomic E-state index is 11.9. The van der Waals surface area contributed by atoms with Crippen LogP contribution in [0.3, 0.4) is 0 Å². The van der Waals surface area contributed by atoms with Gasteiger partial charge >= 0.3 is 0 Å². The molecule has 0 rings (SSSR count). The molecule has 0 fully saturated rings. The smallest absolute Gasteiger partial charge is 0.204 e. The van der Waals surface area contributed by atoms with E-state index >= 15 is 0 Å². The minimum Gasteiger partial charge on any atom is -0.295 e. The van der Waals surface area contributed by atoms with E-state index in [-0.39, 0.29) is 5.78 Å². The van der Waals surface area contributed by atoms with Crippen molar-refractivity contribution < 1.29 is 9.18 Å². The van der Waals surface area contributed by atoms with Crippen molar-refractivity contribution >= 4 is 5.78 Å². The van der Waals surface area contributed by atoms with Crippen molar-refractivity contribution in [3.05, 3.63) is 12.2 Å². The summed E-state index contributed by atoms with van der Waals surface area (Å²) in [5, 5.41) is 7.86. The number of ketones is 1. The fraction of sp³-hybridized carbons (Fsp3) is 0.333. The number of carbonyl (C=O) groups excluding carboxylic acids is 1. The molecular formula is C6H6FNO. The Morgan fingerprint density at radius 1 is 1.89 bits per heavy atom. The molecule has 1 atom stereocenters. The van der Waals surface area contributed by atoms with Crippen molar-refractivity contribution in [2.75, 3.05) is 0 Å². The van der Waals surface area contributed by atoms with Gasteiger partial charge in [-0.05, 0) is 19.1 Å². The summed E-state index contributed by atoms with van der Waals surface area (Å²) in [5.74, 6) is -0.257. The predicted molar refractivity (Wildman–Crippen MR) is 30.3 cm³/mol. The molecule has 0 aliphatic rings. The first-order valence-electron chi connectivity index (χ1n) is 2.39. The maximum Gasteiger partial charge on any atom is 0.204 e. The molecule has 0 radical (unpaired) electrons. The Morgan fingerprint density at radius 3 is 2.78 bits per heavy atom. The molecular weight excluding hydrogens is 121 g/mol. The van der Waals surface area contributed by atoms with Crippen LogP contribution in [0.1, 0.15) is 6.92 Å². The minimum absolute atomic E-state index is 0.257. The number of nitriles is 1. The van der Waals surface area contributed by atoms with Gasteiger partial charge in [-0.1, -0.05) is 0 Å². The molecule has 0 N–H and O–H groups in total. The summed E-state index contributed by atoms with van der Waals surface area (Å²) in [6.07, 6.45) is 0.296. The first-order valence-corrected chi connectivity index (χ1v) is 2.39. The topological polar surface area (TPSA) is 40.9 Å². The third-order valence-corrected chi connectivity index (χ3v) is 0.623. The Kier molecular flexibility index (Phi) is 3.29. The van der Waals surface area contributed by atoms with Gasteiger partial charge < -0.3 is 0 Å². The van der Waals surface area contributed by atoms with Gasteiger partial charge in [0.2, 0.25) is 6.17 Å². The largest absolute Gasteiger partial charge is 0.295 e. The molecule has 0 heterocycles. The number of carbonyl (C=O) groups is 1. The van der Waals surface area contributed by atoms with Crippen LogP contribution < -0.4 is 0 Å². The summed E-state index contributed by atoms with van der Waals surface area (Å²) in [6.45, 7) is 1.29. The summed E-state index contributed by atoms with van der Waals surface area (Å²) < 4.78 is 11.9. The third-order valence-electron chi connectivity index (χ3n) is 0.623. The first-order chi connectivity index (χ1) is 4.16. The van der Waals surface area contributed by atoms with Crippen LogP contribution in [0.15, 0.2) is 12.2 Å². The average molecular weight is 127 g/mol. The number of hydrogen-bond acceptors (Lipinski definition) is 2. The Labute approximate surface area is 52.6 Å². The van der Waals surface area contributed by atoms with Gasteiger partial charge in [0.25, 0.3) is 0 Å². The number of alkyl halides is 1. The molecule has 0 aliphatic heterocycles. The van der Waals surface area contributed by atoms with Crippen molar-refractivity contribution in [3.63, 3.8) is 0 Å². The van der Waals surface area contributed by atoms with E-state index in [1.165, 1.54) is 13.0 Å². The summed E-state index contributed by atoms with van der Waals surface area (Å²) in [5.41, 5.74) is 0. The molecule has 3 heteroatoms. The molecule has 1 unspecified atom stereocenters. The van der Waals surface area contributed by atoms with Gasteiger partial charge in [0.15, 0.2) is 5.78 Å². The SMILES string of the molecule is CC(=O)C=CC(F)C#N. The highest BCUT2D eigenvalue weighted by Crippen LogP contribution is 1.89. The molecule has 0 aromatic rings. The summed E-state index contributed by atoms with van der Waals surface area (Å²) >= 11 is 0. The standard InChI is InChI=1S/C6H6FNO/c1-5(9)2-3-6(7)4-8/h2-3,6H,1H3. The fourth-order valence-electron chi connectivity index (χ4n) is 0.263. The second-order valence-corrected chi connectivity index (χ2v) is 1.50. The predicted octanol–water partition coefficient (Wildman–Crippen LogP) is 0.993. The third kappa shape index (κ3) is 4.69. The second-order valence-electron chi connectivity index (χ2n) is 1.50. The van der Waals surface area contributed by atoms with Crippen molar-refractivity contribution in [1.29, 1.82) is 5.26 Å². The number of hydrogen-bond donors (Lipinski definition) is 0. The monoisotopic (exact) mass is 127 g/mol. The number of allylic oxidation sites excluding steroid dienone is 2. The van der Waals surface area contributed by atoms with E-state index in [1.54, 1.807) is 0 Å². The van der Waals surface area contributed by atoms with Crippen molar-refractivity contribution in [2.45, 2.75) is 13.1 Å². The Bertz CT molecular complexity index is 168. The highest BCUT2D eigenvalue weighted by molar-refractivity contribution is 5.87. The minimum atomic E-state index is -1.66. The van der Waals surface area contributed by atoms with Gasteiger partial charge in [0.05, 0.1) is 0 Å². The van der Waals surface area contributed by atoms with Crippen LogP contribution >= 0.6 is 0 Å². The Hall–Kier alpha value is -1.17. The molecule has 0 saturated heterocycles. The summed E-state index contributed by atoms with van der Waals surface area (Å²) in [6, 6.07) is 1.31. The van der Waals surface area contributed by atoms with Gasteiger partial charge in [-0.3, -0.25) is 4.79 Å². The van der Waals surface area contributed by atoms with E-state index in [4.69, 9.17) is 5.26 Å².